The maximum atomic E-state index is 12.0. The Morgan fingerprint density at radius 2 is 1.71 bits per heavy atom. The minimum Gasteiger partial charge on any atom is -0.488 e. The van der Waals surface area contributed by atoms with Crippen LogP contribution in [0.4, 0.5) is 0 Å². The van der Waals surface area contributed by atoms with E-state index in [1.165, 1.54) is 0 Å². The summed E-state index contributed by atoms with van der Waals surface area (Å²) in [7, 11) is 0. The highest BCUT2D eigenvalue weighted by Gasteiger charge is 2.38. The van der Waals surface area contributed by atoms with Crippen LogP contribution in [0.1, 0.15) is 48.1 Å². The summed E-state index contributed by atoms with van der Waals surface area (Å²) in [5.41, 5.74) is 5.07. The van der Waals surface area contributed by atoms with E-state index in [9.17, 15) is 4.79 Å². The van der Waals surface area contributed by atoms with E-state index < -0.39 is 0 Å². The Hall–Kier alpha value is -2.29. The largest absolute Gasteiger partial charge is 0.488 e. The van der Waals surface area contributed by atoms with Gasteiger partial charge in [-0.15, -0.1) is 0 Å². The normalized spacial score (nSPS) is 15.6. The zero-order chi connectivity index (χ0) is 17.5. The van der Waals surface area contributed by atoms with E-state index in [4.69, 9.17) is 9.47 Å². The van der Waals surface area contributed by atoms with E-state index in [-0.39, 0.29) is 11.4 Å². The Balaban J connectivity index is 2.05. The van der Waals surface area contributed by atoms with E-state index in [1.54, 1.807) is 0 Å². The summed E-state index contributed by atoms with van der Waals surface area (Å²) in [6.07, 6.45) is 0.390. The highest BCUT2D eigenvalue weighted by Crippen LogP contribution is 2.47. The third kappa shape index (κ3) is 2.79. The molecule has 0 amide bonds. The van der Waals surface area contributed by atoms with Crippen LogP contribution < -0.4 is 9.47 Å². The number of hydrogen-bond acceptors (Lipinski definition) is 3. The molecule has 0 fully saturated rings. The SMILES string of the molecule is Cc1c(C)c2c(c(C)c1OCc1ccccc1)C(C)(C)CC(=O)O2. The molecule has 0 unspecified atom stereocenters. The Morgan fingerprint density at radius 3 is 2.38 bits per heavy atom. The van der Waals surface area contributed by atoms with Crippen molar-refractivity contribution in [1.29, 1.82) is 0 Å². The molecule has 0 N–H and O–H groups in total. The lowest BCUT2D eigenvalue weighted by Crippen LogP contribution is -2.32. The second kappa shape index (κ2) is 5.97. The van der Waals surface area contributed by atoms with Gasteiger partial charge < -0.3 is 9.47 Å². The van der Waals surface area contributed by atoms with Crippen molar-refractivity contribution in [3.8, 4) is 11.5 Å². The average Bonchev–Trinajstić information content (AvgIpc) is 2.52. The molecule has 2 aromatic rings. The molecule has 1 aliphatic rings. The minimum absolute atomic E-state index is 0.160. The third-order valence-corrected chi connectivity index (χ3v) is 4.89. The predicted octanol–water partition coefficient (Wildman–Crippen LogP) is 4.78. The van der Waals surface area contributed by atoms with Crippen molar-refractivity contribution >= 4 is 5.97 Å². The second-order valence-electron chi connectivity index (χ2n) is 7.22. The number of benzene rings is 2. The van der Waals surface area contributed by atoms with Gasteiger partial charge in [0, 0.05) is 11.0 Å². The average molecular weight is 324 g/mol. The van der Waals surface area contributed by atoms with E-state index in [2.05, 4.69) is 32.9 Å². The number of fused-ring (bicyclic) bond motifs is 1. The topological polar surface area (TPSA) is 35.5 Å². The van der Waals surface area contributed by atoms with Gasteiger partial charge in [-0.1, -0.05) is 44.2 Å². The van der Waals surface area contributed by atoms with Crippen molar-refractivity contribution in [3.05, 3.63) is 58.1 Å². The molecule has 0 saturated carbocycles. The van der Waals surface area contributed by atoms with Crippen LogP contribution in [0.15, 0.2) is 30.3 Å². The molecule has 2 aromatic carbocycles. The summed E-state index contributed by atoms with van der Waals surface area (Å²) in [6.45, 7) is 10.8. The molecule has 126 valence electrons. The lowest BCUT2D eigenvalue weighted by atomic mass is 9.75. The molecule has 3 heteroatoms. The first-order valence-electron chi connectivity index (χ1n) is 8.33. The molecule has 0 saturated heterocycles. The lowest BCUT2D eigenvalue weighted by molar-refractivity contribution is -0.137. The van der Waals surface area contributed by atoms with Crippen LogP contribution >= 0.6 is 0 Å². The Bertz CT molecular complexity index is 789. The van der Waals surface area contributed by atoms with Gasteiger partial charge in [-0.3, -0.25) is 4.79 Å². The van der Waals surface area contributed by atoms with Gasteiger partial charge in [-0.05, 0) is 43.0 Å². The van der Waals surface area contributed by atoms with Gasteiger partial charge >= 0.3 is 5.97 Å². The maximum absolute atomic E-state index is 12.0. The highest BCUT2D eigenvalue weighted by molar-refractivity contribution is 5.80. The summed E-state index contributed by atoms with van der Waals surface area (Å²) in [5, 5.41) is 0. The molecule has 1 heterocycles. The van der Waals surface area contributed by atoms with Crippen LogP contribution in [0.25, 0.3) is 0 Å². The quantitative estimate of drug-likeness (QED) is 0.602. The Kier molecular flexibility index (Phi) is 4.12. The summed E-state index contributed by atoms with van der Waals surface area (Å²) < 4.78 is 11.8. The van der Waals surface area contributed by atoms with Crippen LogP contribution in [-0.4, -0.2) is 5.97 Å². The molecule has 0 radical (unpaired) electrons. The number of carbonyl (C=O) groups is 1. The molecule has 3 rings (SSSR count). The molecule has 3 nitrogen and oxygen atoms in total. The smallest absolute Gasteiger partial charge is 0.312 e. The number of rotatable bonds is 3. The minimum atomic E-state index is -0.252. The standard InChI is InChI=1S/C21H24O3/c1-13-14(2)20-18(21(4,5)11-17(22)24-20)15(3)19(13)23-12-16-9-7-6-8-10-16/h6-10H,11-12H2,1-5H3. The molecule has 0 bridgehead atoms. The maximum Gasteiger partial charge on any atom is 0.312 e. The van der Waals surface area contributed by atoms with E-state index in [0.717, 1.165) is 39.3 Å². The third-order valence-electron chi connectivity index (χ3n) is 4.89. The van der Waals surface area contributed by atoms with E-state index in [1.807, 2.05) is 32.0 Å². The first-order valence-corrected chi connectivity index (χ1v) is 8.33. The zero-order valence-electron chi connectivity index (χ0n) is 15.0. The van der Waals surface area contributed by atoms with Gasteiger partial charge in [0.05, 0.1) is 6.42 Å². The van der Waals surface area contributed by atoms with Gasteiger partial charge in [-0.2, -0.15) is 0 Å². The molecular formula is C21H24O3. The monoisotopic (exact) mass is 324 g/mol. The predicted molar refractivity (Wildman–Crippen MR) is 94.7 cm³/mol. The number of carbonyl (C=O) groups excluding carboxylic acids is 1. The van der Waals surface area contributed by atoms with Crippen LogP contribution in [0.5, 0.6) is 11.5 Å². The van der Waals surface area contributed by atoms with Gasteiger partial charge in [0.1, 0.15) is 18.1 Å². The molecule has 0 aromatic heterocycles. The first kappa shape index (κ1) is 16.6. The molecule has 0 atom stereocenters. The summed E-state index contributed by atoms with van der Waals surface area (Å²) in [5.74, 6) is 1.46. The fraction of sp³-hybridized carbons (Fsp3) is 0.381. The number of ether oxygens (including phenoxy) is 2. The van der Waals surface area contributed by atoms with Crippen LogP contribution in [0, 0.1) is 20.8 Å². The summed E-state index contributed by atoms with van der Waals surface area (Å²) >= 11 is 0. The molecular weight excluding hydrogens is 300 g/mol. The van der Waals surface area contributed by atoms with Gasteiger partial charge in [0.2, 0.25) is 0 Å². The van der Waals surface area contributed by atoms with Gasteiger partial charge in [-0.25, -0.2) is 0 Å². The van der Waals surface area contributed by atoms with Crippen molar-refractivity contribution in [2.75, 3.05) is 0 Å². The first-order chi connectivity index (χ1) is 11.3. The fourth-order valence-electron chi connectivity index (χ4n) is 3.58. The number of hydrogen-bond donors (Lipinski definition) is 0. The van der Waals surface area contributed by atoms with Crippen LogP contribution in [0.3, 0.4) is 0 Å². The zero-order valence-corrected chi connectivity index (χ0v) is 15.0. The van der Waals surface area contributed by atoms with Crippen molar-refractivity contribution in [2.45, 2.75) is 53.1 Å². The van der Waals surface area contributed by atoms with Crippen LogP contribution in [-0.2, 0) is 16.8 Å². The van der Waals surface area contributed by atoms with E-state index >= 15 is 0 Å². The van der Waals surface area contributed by atoms with Crippen molar-refractivity contribution < 1.29 is 14.3 Å². The second-order valence-corrected chi connectivity index (χ2v) is 7.22. The summed E-state index contributed by atoms with van der Waals surface area (Å²) in [4.78, 5) is 12.0. The summed E-state index contributed by atoms with van der Waals surface area (Å²) in [6, 6.07) is 10.1. The molecule has 1 aliphatic heterocycles. The highest BCUT2D eigenvalue weighted by atomic mass is 16.5. The Morgan fingerprint density at radius 1 is 1.04 bits per heavy atom. The van der Waals surface area contributed by atoms with Gasteiger partial charge in [0.15, 0.2) is 0 Å². The van der Waals surface area contributed by atoms with Crippen molar-refractivity contribution in [3.63, 3.8) is 0 Å². The van der Waals surface area contributed by atoms with Crippen molar-refractivity contribution in [2.24, 2.45) is 0 Å². The fourth-order valence-corrected chi connectivity index (χ4v) is 3.58. The van der Waals surface area contributed by atoms with Crippen LogP contribution in [0.2, 0.25) is 0 Å². The number of esters is 1. The molecule has 24 heavy (non-hydrogen) atoms. The van der Waals surface area contributed by atoms with Crippen molar-refractivity contribution in [1.82, 2.24) is 0 Å². The molecule has 0 spiro atoms. The Labute approximate surface area is 143 Å². The molecule has 0 aliphatic carbocycles. The lowest BCUT2D eigenvalue weighted by Gasteiger charge is -2.35. The van der Waals surface area contributed by atoms with E-state index in [0.29, 0.717) is 13.0 Å². The van der Waals surface area contributed by atoms with Gasteiger partial charge in [0.25, 0.3) is 0 Å².